The summed E-state index contributed by atoms with van der Waals surface area (Å²) < 4.78 is 1.73. The molecule has 0 unspecified atom stereocenters. The number of fused-ring (bicyclic) bond motifs is 1. The van der Waals surface area contributed by atoms with E-state index in [4.69, 9.17) is 10.1 Å². The molecule has 3 N–H and O–H groups in total. The smallest absolute Gasteiger partial charge is 0.317 e. The van der Waals surface area contributed by atoms with Gasteiger partial charge in [0.15, 0.2) is 0 Å². The largest absolute Gasteiger partial charge is 0.324 e. The minimum atomic E-state index is -0.344. The summed E-state index contributed by atoms with van der Waals surface area (Å²) in [6, 6.07) is 22.1. The van der Waals surface area contributed by atoms with E-state index in [0.717, 1.165) is 76.3 Å². The van der Waals surface area contributed by atoms with Gasteiger partial charge in [0.1, 0.15) is 5.82 Å². The number of nitrogens with zero attached hydrogens (tertiary/aromatic N) is 4. The minimum Gasteiger partial charge on any atom is -0.317 e. The molecular formula is C35H39N7O. The lowest BCUT2D eigenvalue weighted by molar-refractivity contribution is 0.262. The second-order valence-corrected chi connectivity index (χ2v) is 12.4. The van der Waals surface area contributed by atoms with E-state index < -0.39 is 0 Å². The number of nitrogens with one attached hydrogen (secondary N) is 3. The van der Waals surface area contributed by atoms with Crippen molar-refractivity contribution in [2.75, 3.05) is 23.7 Å². The van der Waals surface area contributed by atoms with Crippen LogP contribution < -0.4 is 16.0 Å². The third kappa shape index (κ3) is 6.01. The number of pyridine rings is 2. The van der Waals surface area contributed by atoms with E-state index in [0.29, 0.717) is 11.7 Å². The summed E-state index contributed by atoms with van der Waals surface area (Å²) in [7, 11) is 0. The molecule has 2 amide bonds. The second kappa shape index (κ2) is 11.6. The zero-order valence-electron chi connectivity index (χ0n) is 25.5. The Morgan fingerprint density at radius 2 is 1.65 bits per heavy atom. The van der Waals surface area contributed by atoms with E-state index in [9.17, 15) is 4.79 Å². The Bertz CT molecular complexity index is 1780. The summed E-state index contributed by atoms with van der Waals surface area (Å²) in [6.45, 7) is 12.4. The van der Waals surface area contributed by atoms with Crippen LogP contribution in [0.2, 0.25) is 0 Å². The van der Waals surface area contributed by atoms with E-state index in [1.165, 1.54) is 5.69 Å². The fourth-order valence-electron chi connectivity index (χ4n) is 5.74. The van der Waals surface area contributed by atoms with E-state index >= 15 is 0 Å². The summed E-state index contributed by atoms with van der Waals surface area (Å²) in [5.74, 6) is 1.08. The number of piperidine rings is 1. The molecule has 6 rings (SSSR count). The molecule has 1 aliphatic rings. The summed E-state index contributed by atoms with van der Waals surface area (Å²) in [5.41, 5.74) is 7.51. The van der Waals surface area contributed by atoms with Crippen molar-refractivity contribution < 1.29 is 4.79 Å². The number of hydrogen-bond acceptors (Lipinski definition) is 5. The maximum absolute atomic E-state index is 13.4. The highest BCUT2D eigenvalue weighted by Crippen LogP contribution is 2.36. The molecule has 1 aliphatic heterocycles. The Kier molecular flexibility index (Phi) is 7.71. The number of urea groups is 1. The Hall–Kier alpha value is -4.56. The fourth-order valence-corrected chi connectivity index (χ4v) is 5.74. The molecule has 2 aromatic carbocycles. The van der Waals surface area contributed by atoms with Crippen molar-refractivity contribution in [3.05, 3.63) is 95.7 Å². The van der Waals surface area contributed by atoms with Crippen LogP contribution in [0.4, 0.5) is 16.3 Å². The Morgan fingerprint density at radius 1 is 0.907 bits per heavy atom. The van der Waals surface area contributed by atoms with Gasteiger partial charge < -0.3 is 10.6 Å². The van der Waals surface area contributed by atoms with Crippen molar-refractivity contribution in [3.63, 3.8) is 0 Å². The maximum atomic E-state index is 13.4. The maximum Gasteiger partial charge on any atom is 0.324 e. The van der Waals surface area contributed by atoms with Gasteiger partial charge in [0.25, 0.3) is 0 Å². The van der Waals surface area contributed by atoms with Crippen LogP contribution in [0.3, 0.4) is 0 Å². The highest BCUT2D eigenvalue weighted by atomic mass is 16.2. The van der Waals surface area contributed by atoms with Gasteiger partial charge in [0.2, 0.25) is 0 Å². The molecule has 8 heteroatoms. The fraction of sp³-hybridized carbons (Fsp3) is 0.314. The molecule has 3 aromatic heterocycles. The van der Waals surface area contributed by atoms with Gasteiger partial charge in [-0.15, -0.1) is 0 Å². The van der Waals surface area contributed by atoms with E-state index in [2.05, 4.69) is 72.9 Å². The zero-order chi connectivity index (χ0) is 30.1. The van der Waals surface area contributed by atoms with E-state index in [1.807, 2.05) is 49.4 Å². The molecule has 0 atom stereocenters. The number of anilines is 2. The lowest BCUT2D eigenvalue weighted by atomic mass is 9.92. The molecule has 0 saturated carbocycles. The van der Waals surface area contributed by atoms with Crippen molar-refractivity contribution in [2.24, 2.45) is 0 Å². The first kappa shape index (κ1) is 28.6. The summed E-state index contributed by atoms with van der Waals surface area (Å²) >= 11 is 0. The van der Waals surface area contributed by atoms with E-state index in [1.54, 1.807) is 10.9 Å². The molecule has 8 nitrogen and oxygen atoms in total. The standard InChI is InChI=1S/C35H39N7O/c1-22-10-11-25(21-37-22)42-33(20-32(41-42)35(3,4)5)40-34(43)39-31-15-13-28(27-8-6-7-9-29(27)31)26-12-14-30(38-23(26)2)24-16-18-36-19-17-24/h6-15,20-21,24,36H,16-19H2,1-5H3,(H2,39,40,43). The number of carbonyl (C=O) groups is 1. The number of benzene rings is 2. The number of amides is 2. The monoisotopic (exact) mass is 573 g/mol. The molecule has 43 heavy (non-hydrogen) atoms. The summed E-state index contributed by atoms with van der Waals surface area (Å²) in [5, 5.41) is 16.4. The molecule has 0 bridgehead atoms. The molecule has 5 aromatic rings. The molecule has 0 radical (unpaired) electrons. The normalized spacial score (nSPS) is 14.2. The van der Waals surface area contributed by atoms with Crippen LogP contribution in [-0.2, 0) is 5.41 Å². The van der Waals surface area contributed by atoms with Gasteiger partial charge in [-0.05, 0) is 75.0 Å². The van der Waals surface area contributed by atoms with Gasteiger partial charge in [-0.25, -0.2) is 9.48 Å². The predicted octanol–water partition coefficient (Wildman–Crippen LogP) is 7.51. The Balaban J connectivity index is 1.29. The van der Waals surface area contributed by atoms with Crippen LogP contribution in [0, 0.1) is 13.8 Å². The van der Waals surface area contributed by atoms with Crippen molar-refractivity contribution in [2.45, 2.75) is 58.8 Å². The molecule has 220 valence electrons. The van der Waals surface area contributed by atoms with Crippen LogP contribution in [0.15, 0.2) is 72.9 Å². The predicted molar refractivity (Wildman–Crippen MR) is 174 cm³/mol. The number of hydrogen-bond donors (Lipinski definition) is 3. The molecule has 0 spiro atoms. The van der Waals surface area contributed by atoms with Crippen LogP contribution in [0.25, 0.3) is 27.6 Å². The van der Waals surface area contributed by atoms with Gasteiger partial charge >= 0.3 is 6.03 Å². The first-order chi connectivity index (χ1) is 20.7. The molecular weight excluding hydrogens is 534 g/mol. The number of rotatable bonds is 5. The number of aryl methyl sites for hydroxylation is 2. The van der Waals surface area contributed by atoms with Crippen molar-refractivity contribution >= 4 is 28.3 Å². The number of aromatic nitrogens is 4. The molecule has 1 saturated heterocycles. The van der Waals surface area contributed by atoms with Gasteiger partial charge in [-0.2, -0.15) is 5.10 Å². The second-order valence-electron chi connectivity index (χ2n) is 12.4. The molecule has 4 heterocycles. The Morgan fingerprint density at radius 3 is 2.35 bits per heavy atom. The summed E-state index contributed by atoms with van der Waals surface area (Å²) in [4.78, 5) is 22.9. The average Bonchev–Trinajstić information content (AvgIpc) is 3.43. The quantitative estimate of drug-likeness (QED) is 0.202. The highest BCUT2D eigenvalue weighted by molar-refractivity contribution is 6.09. The van der Waals surface area contributed by atoms with E-state index in [-0.39, 0.29) is 11.4 Å². The first-order valence-corrected chi connectivity index (χ1v) is 15.0. The van der Waals surface area contributed by atoms with Crippen LogP contribution >= 0.6 is 0 Å². The van der Waals surface area contributed by atoms with Crippen molar-refractivity contribution in [1.82, 2.24) is 25.1 Å². The SMILES string of the molecule is Cc1ccc(-n2nc(C(C)(C)C)cc2NC(=O)Nc2ccc(-c3ccc(C4CCNCC4)nc3C)c3ccccc23)cn1. The lowest BCUT2D eigenvalue weighted by Crippen LogP contribution is -2.27. The lowest BCUT2D eigenvalue weighted by Gasteiger charge is -2.23. The highest BCUT2D eigenvalue weighted by Gasteiger charge is 2.22. The minimum absolute atomic E-state index is 0.193. The van der Waals surface area contributed by atoms with Crippen molar-refractivity contribution in [3.8, 4) is 16.8 Å². The van der Waals surface area contributed by atoms with Gasteiger partial charge in [0.05, 0.1) is 23.3 Å². The van der Waals surface area contributed by atoms with Crippen LogP contribution in [-0.4, -0.2) is 38.9 Å². The summed E-state index contributed by atoms with van der Waals surface area (Å²) in [6.07, 6.45) is 4.01. The topological polar surface area (TPSA) is 96.8 Å². The molecule has 1 fully saturated rings. The number of carbonyl (C=O) groups excluding carboxylic acids is 1. The van der Waals surface area contributed by atoms with Crippen LogP contribution in [0.5, 0.6) is 0 Å². The Labute approximate surface area is 253 Å². The third-order valence-electron chi connectivity index (χ3n) is 8.19. The molecule has 0 aliphatic carbocycles. The van der Waals surface area contributed by atoms with Gasteiger partial charge in [-0.1, -0.05) is 57.2 Å². The van der Waals surface area contributed by atoms with Crippen LogP contribution in [0.1, 0.15) is 62.3 Å². The van der Waals surface area contributed by atoms with Gasteiger partial charge in [-0.3, -0.25) is 15.3 Å². The first-order valence-electron chi connectivity index (χ1n) is 15.0. The average molecular weight is 574 g/mol. The third-order valence-corrected chi connectivity index (χ3v) is 8.19. The zero-order valence-corrected chi connectivity index (χ0v) is 25.5. The van der Waals surface area contributed by atoms with Gasteiger partial charge in [0, 0.05) is 45.4 Å². The van der Waals surface area contributed by atoms with Crippen molar-refractivity contribution in [1.29, 1.82) is 0 Å².